The minimum Gasteiger partial charge on any atom is -0.482 e. The fourth-order valence-corrected chi connectivity index (χ4v) is 3.35. The molecule has 0 aliphatic carbocycles. The van der Waals surface area contributed by atoms with Crippen molar-refractivity contribution >= 4 is 39.2 Å². The largest absolute Gasteiger partial charge is 0.482 e. The summed E-state index contributed by atoms with van der Waals surface area (Å²) in [5, 5.41) is 11.7. The number of halogens is 1. The Bertz CT molecular complexity index is 750. The van der Waals surface area contributed by atoms with E-state index in [1.807, 2.05) is 4.72 Å². The molecule has 0 fully saturated rings. The molecule has 1 aliphatic heterocycles. The van der Waals surface area contributed by atoms with E-state index in [-0.39, 0.29) is 33.9 Å². The van der Waals surface area contributed by atoms with E-state index in [0.29, 0.717) is 0 Å². The molecule has 0 saturated carbocycles. The van der Waals surface area contributed by atoms with E-state index < -0.39 is 28.6 Å². The highest BCUT2D eigenvalue weighted by Gasteiger charge is 2.26. The Morgan fingerprint density at radius 3 is 2.91 bits per heavy atom. The Morgan fingerprint density at radius 1 is 1.57 bits per heavy atom. The second-order valence-corrected chi connectivity index (χ2v) is 6.65. The van der Waals surface area contributed by atoms with Gasteiger partial charge in [-0.25, -0.2) is 17.9 Å². The number of methoxy groups -OCH3 is 1. The molecule has 0 aromatic heterocycles. The molecular weight excluding hydrogens is 352 g/mol. The van der Waals surface area contributed by atoms with Crippen molar-refractivity contribution in [3.8, 4) is 5.75 Å². The molecule has 1 atom stereocenters. The summed E-state index contributed by atoms with van der Waals surface area (Å²) in [6.07, 6.45) is -1.65. The van der Waals surface area contributed by atoms with Gasteiger partial charge in [0, 0.05) is 12.6 Å². The number of sulfonamides is 1. The lowest BCUT2D eigenvalue weighted by molar-refractivity contribution is -0.149. The van der Waals surface area contributed by atoms with Gasteiger partial charge in [0.05, 0.1) is 17.8 Å². The van der Waals surface area contributed by atoms with Crippen LogP contribution in [0.5, 0.6) is 5.75 Å². The molecule has 9 nitrogen and oxygen atoms in total. The van der Waals surface area contributed by atoms with Crippen molar-refractivity contribution < 1.29 is 32.6 Å². The van der Waals surface area contributed by atoms with E-state index in [2.05, 4.69) is 10.1 Å². The van der Waals surface area contributed by atoms with Gasteiger partial charge in [-0.15, -0.1) is 0 Å². The molecule has 0 spiro atoms. The molecule has 126 valence electrons. The Hall–Kier alpha value is -1.88. The number of aliphatic hydroxyl groups excluding tert-OH is 1. The normalized spacial score (nSPS) is 15.2. The van der Waals surface area contributed by atoms with Crippen LogP contribution in [0, 0.1) is 0 Å². The molecule has 11 heteroatoms. The summed E-state index contributed by atoms with van der Waals surface area (Å²) < 4.78 is 35.9. The number of rotatable bonds is 5. The molecule has 23 heavy (non-hydrogen) atoms. The highest BCUT2D eigenvalue weighted by molar-refractivity contribution is 7.89. The maximum atomic E-state index is 12.2. The Labute approximate surface area is 136 Å². The van der Waals surface area contributed by atoms with Gasteiger partial charge in [-0.2, -0.15) is 0 Å². The molecule has 0 radical (unpaired) electrons. The van der Waals surface area contributed by atoms with Gasteiger partial charge in [0.15, 0.2) is 12.7 Å². The Morgan fingerprint density at radius 2 is 2.26 bits per heavy atom. The number of carbonyl (C=O) groups excluding carboxylic acids is 2. The van der Waals surface area contributed by atoms with E-state index in [1.54, 1.807) is 0 Å². The van der Waals surface area contributed by atoms with Crippen LogP contribution in [0.25, 0.3) is 0 Å². The first-order valence-electron chi connectivity index (χ1n) is 6.26. The number of esters is 1. The van der Waals surface area contributed by atoms with Crippen LogP contribution in [0.15, 0.2) is 17.0 Å². The summed E-state index contributed by atoms with van der Waals surface area (Å²) in [5.74, 6) is -1.22. The number of carbonyl (C=O) groups is 2. The molecule has 1 heterocycles. The summed E-state index contributed by atoms with van der Waals surface area (Å²) in [4.78, 5) is 22.0. The number of amides is 1. The summed E-state index contributed by atoms with van der Waals surface area (Å²) in [5.41, 5.74) is 0.250. The lowest BCUT2D eigenvalue weighted by atomic mass is 10.2. The molecule has 1 amide bonds. The predicted octanol–water partition coefficient (Wildman–Crippen LogP) is -0.517. The second-order valence-electron chi connectivity index (χ2n) is 4.51. The van der Waals surface area contributed by atoms with Gasteiger partial charge in [-0.3, -0.25) is 4.79 Å². The minimum atomic E-state index is -4.12. The third-order valence-corrected chi connectivity index (χ3v) is 4.78. The quantitative estimate of drug-likeness (QED) is 0.599. The maximum absolute atomic E-state index is 12.2. The molecule has 0 unspecified atom stereocenters. The summed E-state index contributed by atoms with van der Waals surface area (Å²) in [6.45, 7) is -0.831. The summed E-state index contributed by atoms with van der Waals surface area (Å²) in [6, 6.07) is 2.38. The molecule has 3 N–H and O–H groups in total. The standard InChI is InChI=1S/C12H13ClN2O7S/c1-21-12(18)8(16)4-14-23(19,20)10-3-9-7(2-6(10)13)15-11(17)5-22-9/h2-3,8,14,16H,4-5H2,1H3,(H,15,17)/t8-/m1/s1. The van der Waals surface area contributed by atoms with Crippen LogP contribution < -0.4 is 14.8 Å². The highest BCUT2D eigenvalue weighted by atomic mass is 35.5. The molecule has 1 aromatic rings. The number of anilines is 1. The lowest BCUT2D eigenvalue weighted by Crippen LogP contribution is -2.37. The first kappa shape index (κ1) is 17.5. The number of fused-ring (bicyclic) bond motifs is 1. The van der Waals surface area contributed by atoms with E-state index >= 15 is 0 Å². The van der Waals surface area contributed by atoms with Gasteiger partial charge in [0.1, 0.15) is 10.6 Å². The van der Waals surface area contributed by atoms with Crippen molar-refractivity contribution in [2.45, 2.75) is 11.0 Å². The maximum Gasteiger partial charge on any atom is 0.336 e. The van der Waals surface area contributed by atoms with Crippen molar-refractivity contribution in [1.29, 1.82) is 0 Å². The Balaban J connectivity index is 2.23. The average molecular weight is 365 g/mol. The monoisotopic (exact) mass is 364 g/mol. The lowest BCUT2D eigenvalue weighted by Gasteiger charge is -2.19. The van der Waals surface area contributed by atoms with Crippen molar-refractivity contribution in [1.82, 2.24) is 4.72 Å². The van der Waals surface area contributed by atoms with Crippen LogP contribution in [-0.4, -0.2) is 51.8 Å². The van der Waals surface area contributed by atoms with E-state index in [4.69, 9.17) is 16.3 Å². The average Bonchev–Trinajstić information content (AvgIpc) is 2.50. The van der Waals surface area contributed by atoms with E-state index in [1.165, 1.54) is 6.07 Å². The van der Waals surface area contributed by atoms with Crippen molar-refractivity contribution in [2.75, 3.05) is 25.6 Å². The number of benzene rings is 1. The van der Waals surface area contributed by atoms with E-state index in [0.717, 1.165) is 13.2 Å². The third-order valence-electron chi connectivity index (χ3n) is 2.90. The molecular formula is C12H13ClN2O7S. The van der Waals surface area contributed by atoms with Gasteiger partial charge < -0.3 is 19.9 Å². The number of ether oxygens (including phenoxy) is 2. The summed E-state index contributed by atoms with van der Waals surface area (Å²) in [7, 11) is -3.06. The SMILES string of the molecule is COC(=O)[C@H](O)CNS(=O)(=O)c1cc2c(cc1Cl)NC(=O)CO2. The highest BCUT2D eigenvalue weighted by Crippen LogP contribution is 2.35. The zero-order valence-corrected chi connectivity index (χ0v) is 13.4. The fourth-order valence-electron chi connectivity index (χ4n) is 1.77. The molecule has 1 aromatic carbocycles. The molecule has 2 rings (SSSR count). The zero-order valence-electron chi connectivity index (χ0n) is 11.8. The number of hydrogen-bond acceptors (Lipinski definition) is 7. The minimum absolute atomic E-state index is 0.142. The third kappa shape index (κ3) is 3.91. The van der Waals surface area contributed by atoms with Crippen LogP contribution in [0.1, 0.15) is 0 Å². The smallest absolute Gasteiger partial charge is 0.336 e. The first-order chi connectivity index (χ1) is 10.7. The van der Waals surface area contributed by atoms with Gasteiger partial charge >= 0.3 is 5.97 Å². The van der Waals surface area contributed by atoms with Crippen LogP contribution in [-0.2, 0) is 24.3 Å². The van der Waals surface area contributed by atoms with Crippen LogP contribution in [0.2, 0.25) is 5.02 Å². The predicted molar refractivity (Wildman–Crippen MR) is 78.8 cm³/mol. The molecule has 0 bridgehead atoms. The zero-order chi connectivity index (χ0) is 17.2. The number of aliphatic hydroxyl groups is 1. The molecule has 0 saturated heterocycles. The van der Waals surface area contributed by atoms with Crippen LogP contribution in [0.4, 0.5) is 5.69 Å². The molecule has 1 aliphatic rings. The van der Waals surface area contributed by atoms with Gasteiger partial charge in [-0.05, 0) is 6.07 Å². The Kier molecular flexibility index (Phi) is 5.09. The summed E-state index contributed by atoms with van der Waals surface area (Å²) >= 11 is 5.92. The van der Waals surface area contributed by atoms with Gasteiger partial charge in [0.25, 0.3) is 5.91 Å². The number of nitrogens with one attached hydrogen (secondary N) is 2. The van der Waals surface area contributed by atoms with Crippen molar-refractivity contribution in [2.24, 2.45) is 0 Å². The van der Waals surface area contributed by atoms with Crippen molar-refractivity contribution in [3.63, 3.8) is 0 Å². The first-order valence-corrected chi connectivity index (χ1v) is 8.12. The van der Waals surface area contributed by atoms with Crippen LogP contribution >= 0.6 is 11.6 Å². The van der Waals surface area contributed by atoms with E-state index in [9.17, 15) is 23.1 Å². The topological polar surface area (TPSA) is 131 Å². The fraction of sp³-hybridized carbons (Fsp3) is 0.333. The van der Waals surface area contributed by atoms with Crippen molar-refractivity contribution in [3.05, 3.63) is 17.2 Å². The van der Waals surface area contributed by atoms with Gasteiger partial charge in [-0.1, -0.05) is 11.6 Å². The van der Waals surface area contributed by atoms with Crippen LogP contribution in [0.3, 0.4) is 0 Å². The number of hydrogen-bond donors (Lipinski definition) is 3. The second kappa shape index (κ2) is 6.71. The van der Waals surface area contributed by atoms with Gasteiger partial charge in [0.2, 0.25) is 10.0 Å².